The summed E-state index contributed by atoms with van der Waals surface area (Å²) in [5.41, 5.74) is 3.75. The molecule has 0 N–H and O–H groups in total. The molecule has 11 heteroatoms. The summed E-state index contributed by atoms with van der Waals surface area (Å²) in [5, 5.41) is 9.94. The van der Waals surface area contributed by atoms with E-state index in [1.165, 1.54) is 28.9 Å². The first-order chi connectivity index (χ1) is 22.3. The van der Waals surface area contributed by atoms with E-state index in [2.05, 4.69) is 33.6 Å². The summed E-state index contributed by atoms with van der Waals surface area (Å²) in [6.45, 7) is 7.45. The highest BCUT2D eigenvalue weighted by atomic mass is 19.1. The van der Waals surface area contributed by atoms with Crippen LogP contribution in [0, 0.1) is 28.5 Å². The Bertz CT molecular complexity index is 1780. The van der Waals surface area contributed by atoms with Crippen molar-refractivity contribution in [2.75, 3.05) is 50.8 Å². The van der Waals surface area contributed by atoms with Gasteiger partial charge in [0, 0.05) is 43.4 Å². The second-order valence-electron chi connectivity index (χ2n) is 13.8. The molecule has 2 aromatic heterocycles. The van der Waals surface area contributed by atoms with Gasteiger partial charge in [0.25, 0.3) is 5.91 Å². The van der Waals surface area contributed by atoms with Gasteiger partial charge in [-0.05, 0) is 74.6 Å². The van der Waals surface area contributed by atoms with Crippen molar-refractivity contribution in [1.29, 1.82) is 5.26 Å². The van der Waals surface area contributed by atoms with E-state index in [1.807, 2.05) is 17.0 Å². The van der Waals surface area contributed by atoms with E-state index in [0.717, 1.165) is 50.9 Å². The molecule has 3 aromatic rings. The molecule has 4 heterocycles. The number of carbonyl (C=O) groups excluding carboxylic acids is 1. The SMILES string of the molecule is C=C(F)C(=O)N1CCN(c2nc(OCC3(CN4CCCC4)CC3)nc3c(F)c(-c4cccc5c4[C@H]4C[C@H]4C5)ncc23)C[C@@H]1CC#N. The van der Waals surface area contributed by atoms with Crippen molar-refractivity contribution in [1.82, 2.24) is 24.8 Å². The molecule has 4 fully saturated rings. The van der Waals surface area contributed by atoms with Crippen LogP contribution >= 0.6 is 0 Å². The van der Waals surface area contributed by atoms with Gasteiger partial charge in [0.1, 0.15) is 17.0 Å². The number of likely N-dealkylation sites (tertiary alicyclic amines) is 1. The summed E-state index contributed by atoms with van der Waals surface area (Å²) in [6, 6.07) is 7.67. The molecule has 5 aliphatic rings. The van der Waals surface area contributed by atoms with Gasteiger partial charge in [0.2, 0.25) is 0 Å². The quantitative estimate of drug-likeness (QED) is 0.301. The number of fused-ring (bicyclic) bond motifs is 4. The number of carbonyl (C=O) groups is 1. The maximum absolute atomic E-state index is 16.7. The average molecular weight is 626 g/mol. The van der Waals surface area contributed by atoms with Gasteiger partial charge in [-0.1, -0.05) is 24.8 Å². The Hall–Kier alpha value is -4.17. The summed E-state index contributed by atoms with van der Waals surface area (Å²) in [6.07, 6.45) is 8.37. The lowest BCUT2D eigenvalue weighted by Gasteiger charge is -2.41. The van der Waals surface area contributed by atoms with Gasteiger partial charge in [0.05, 0.1) is 30.5 Å². The van der Waals surface area contributed by atoms with Crippen molar-refractivity contribution >= 4 is 22.6 Å². The van der Waals surface area contributed by atoms with Crippen molar-refractivity contribution in [2.45, 2.75) is 56.9 Å². The molecule has 1 aromatic carbocycles. The maximum Gasteiger partial charge on any atom is 0.319 e. The predicted octanol–water partition coefficient (Wildman–Crippen LogP) is 5.16. The number of aromatic nitrogens is 3. The van der Waals surface area contributed by atoms with E-state index < -0.39 is 23.6 Å². The Labute approximate surface area is 266 Å². The number of nitriles is 1. The van der Waals surface area contributed by atoms with Crippen LogP contribution in [0.2, 0.25) is 0 Å². The molecule has 9 nitrogen and oxygen atoms in total. The first-order valence-corrected chi connectivity index (χ1v) is 16.4. The highest BCUT2D eigenvalue weighted by Gasteiger charge is 2.47. The van der Waals surface area contributed by atoms with E-state index in [1.54, 1.807) is 6.20 Å². The minimum Gasteiger partial charge on any atom is -0.463 e. The van der Waals surface area contributed by atoms with Crippen LogP contribution in [0.3, 0.4) is 0 Å². The number of halogens is 2. The molecule has 0 unspecified atom stereocenters. The number of piperazine rings is 1. The van der Waals surface area contributed by atoms with Gasteiger partial charge >= 0.3 is 6.01 Å². The molecule has 0 spiro atoms. The van der Waals surface area contributed by atoms with Crippen LogP contribution in [0.1, 0.15) is 55.6 Å². The van der Waals surface area contributed by atoms with Crippen LogP contribution < -0.4 is 9.64 Å². The lowest BCUT2D eigenvalue weighted by molar-refractivity contribution is -0.131. The van der Waals surface area contributed by atoms with Gasteiger partial charge in [-0.25, -0.2) is 8.78 Å². The van der Waals surface area contributed by atoms with Crippen LogP contribution in [0.5, 0.6) is 6.01 Å². The normalized spacial score (nSPS) is 24.4. The molecule has 8 rings (SSSR count). The van der Waals surface area contributed by atoms with Crippen LogP contribution in [-0.2, 0) is 11.2 Å². The summed E-state index contributed by atoms with van der Waals surface area (Å²) in [4.78, 5) is 32.4. The van der Waals surface area contributed by atoms with Crippen molar-refractivity contribution in [3.8, 4) is 23.3 Å². The molecule has 46 heavy (non-hydrogen) atoms. The second kappa shape index (κ2) is 11.3. The molecule has 3 atom stereocenters. The summed E-state index contributed by atoms with van der Waals surface area (Å²) >= 11 is 0. The molecule has 2 saturated carbocycles. The number of benzene rings is 1. The fraction of sp³-hybridized carbons (Fsp3) is 0.514. The lowest BCUT2D eigenvalue weighted by atomic mass is 9.96. The number of nitrogens with zero attached hydrogens (tertiary/aromatic N) is 7. The molecule has 238 valence electrons. The minimum atomic E-state index is -1.06. The third-order valence-electron chi connectivity index (χ3n) is 10.7. The predicted molar refractivity (Wildman–Crippen MR) is 168 cm³/mol. The van der Waals surface area contributed by atoms with Crippen LogP contribution in [0.15, 0.2) is 36.8 Å². The largest absolute Gasteiger partial charge is 0.463 e. The van der Waals surface area contributed by atoms with Crippen molar-refractivity contribution in [3.63, 3.8) is 0 Å². The average Bonchev–Trinajstić information content (AvgIpc) is 3.90. The van der Waals surface area contributed by atoms with E-state index >= 15 is 4.39 Å². The maximum atomic E-state index is 16.7. The monoisotopic (exact) mass is 625 g/mol. The smallest absolute Gasteiger partial charge is 0.319 e. The standard InChI is InChI=1S/C35H37F2N7O2/c1-21(36)33(45)44-14-13-43(18-24(44)7-10-38)32-27-17-39-30(25-6-4-5-22-15-23-16-26(23)28(22)25)29(37)31(27)40-34(41-32)46-20-35(8-9-35)19-42-11-2-3-12-42/h4-6,17,23-24,26H,1-3,7-9,11-16,18-20H2/t23-,24+,26+/m1/s1. The first-order valence-electron chi connectivity index (χ1n) is 16.4. The van der Waals surface area contributed by atoms with E-state index in [9.17, 15) is 14.4 Å². The highest BCUT2D eigenvalue weighted by Crippen LogP contribution is 2.58. The van der Waals surface area contributed by atoms with Crippen LogP contribution in [0.4, 0.5) is 14.6 Å². The Morgan fingerprint density at radius 3 is 2.76 bits per heavy atom. The third-order valence-corrected chi connectivity index (χ3v) is 10.7. The molecule has 0 bridgehead atoms. The number of hydrogen-bond donors (Lipinski definition) is 0. The molecule has 2 saturated heterocycles. The molecule has 0 radical (unpaired) electrons. The lowest BCUT2D eigenvalue weighted by Crippen LogP contribution is -2.55. The molecular weight excluding hydrogens is 588 g/mol. The van der Waals surface area contributed by atoms with Gasteiger partial charge in [0.15, 0.2) is 11.6 Å². The molecule has 1 amide bonds. The van der Waals surface area contributed by atoms with E-state index in [0.29, 0.717) is 36.2 Å². The topological polar surface area (TPSA) is 98.5 Å². The fourth-order valence-electron chi connectivity index (χ4n) is 7.97. The second-order valence-corrected chi connectivity index (χ2v) is 13.8. The van der Waals surface area contributed by atoms with Gasteiger partial charge < -0.3 is 19.4 Å². The van der Waals surface area contributed by atoms with Crippen molar-refractivity contribution in [3.05, 3.63) is 53.7 Å². The third kappa shape index (κ3) is 5.16. The Morgan fingerprint density at radius 1 is 1.17 bits per heavy atom. The van der Waals surface area contributed by atoms with Crippen LogP contribution in [0.25, 0.3) is 22.2 Å². The number of ether oxygens (including phenoxy) is 1. The number of rotatable bonds is 9. The number of anilines is 1. The molecule has 2 aliphatic heterocycles. The summed E-state index contributed by atoms with van der Waals surface area (Å²) in [7, 11) is 0. The van der Waals surface area contributed by atoms with Crippen LogP contribution in [-0.4, -0.2) is 82.6 Å². The fourth-order valence-corrected chi connectivity index (χ4v) is 7.97. The zero-order valence-corrected chi connectivity index (χ0v) is 25.9. The molecular formula is C35H37F2N7O2. The number of amides is 1. The van der Waals surface area contributed by atoms with Crippen molar-refractivity contribution in [2.24, 2.45) is 11.3 Å². The van der Waals surface area contributed by atoms with Gasteiger partial charge in [-0.15, -0.1) is 0 Å². The Balaban J connectivity index is 1.17. The summed E-state index contributed by atoms with van der Waals surface area (Å²) < 4.78 is 36.9. The zero-order chi connectivity index (χ0) is 31.6. The summed E-state index contributed by atoms with van der Waals surface area (Å²) in [5.74, 6) is -0.869. The minimum absolute atomic E-state index is 0.00104. The number of hydrogen-bond acceptors (Lipinski definition) is 8. The Morgan fingerprint density at radius 2 is 2.00 bits per heavy atom. The van der Waals surface area contributed by atoms with Crippen molar-refractivity contribution < 1.29 is 18.3 Å². The first kappa shape index (κ1) is 29.2. The Kier molecular flexibility index (Phi) is 7.16. The van der Waals surface area contributed by atoms with Gasteiger partial charge in [-0.3, -0.25) is 9.78 Å². The highest BCUT2D eigenvalue weighted by molar-refractivity contribution is 5.93. The number of pyridine rings is 1. The zero-order valence-electron chi connectivity index (χ0n) is 25.9. The van der Waals surface area contributed by atoms with Gasteiger partial charge in [-0.2, -0.15) is 15.2 Å². The molecule has 3 aliphatic carbocycles. The van der Waals surface area contributed by atoms with E-state index in [4.69, 9.17) is 9.72 Å². The van der Waals surface area contributed by atoms with E-state index in [-0.39, 0.29) is 42.1 Å².